The monoisotopic (exact) mass is 358 g/mol. The van der Waals surface area contributed by atoms with Crippen LogP contribution in [0.3, 0.4) is 0 Å². The lowest BCUT2D eigenvalue weighted by atomic mass is 10.0. The van der Waals surface area contributed by atoms with Crippen LogP contribution < -0.4 is 5.32 Å². The predicted octanol–water partition coefficient (Wildman–Crippen LogP) is 3.11. The van der Waals surface area contributed by atoms with Crippen LogP contribution in [0.25, 0.3) is 0 Å². The zero-order valence-corrected chi connectivity index (χ0v) is 14.5. The Balaban J connectivity index is 2.00. The quantitative estimate of drug-likeness (QED) is 0.441. The number of nitrogens with one attached hydrogen (secondary N) is 1. The number of hydrogen-bond donors (Lipinski definition) is 1. The first-order valence-corrected chi connectivity index (χ1v) is 9.50. The third-order valence-electron chi connectivity index (χ3n) is 3.88. The summed E-state index contributed by atoms with van der Waals surface area (Å²) in [6.07, 6.45) is 1.13. The molecule has 1 amide bonds. The summed E-state index contributed by atoms with van der Waals surface area (Å²) in [5.41, 5.74) is 1.16. The molecule has 2 aromatic rings. The van der Waals surface area contributed by atoms with E-state index in [2.05, 4.69) is 10.5 Å². The summed E-state index contributed by atoms with van der Waals surface area (Å²) >= 11 is 0. The molecule has 0 fully saturated rings. The molecule has 0 unspecified atom stereocenters. The molecular weight excluding hydrogens is 340 g/mol. The second-order valence-electron chi connectivity index (χ2n) is 5.59. The van der Waals surface area contributed by atoms with Gasteiger partial charge in [-0.15, -0.1) is 0 Å². The van der Waals surface area contributed by atoms with Gasteiger partial charge in [0, 0.05) is 17.7 Å². The Hall–Kier alpha value is -2.67. The fourth-order valence-corrected chi connectivity index (χ4v) is 4.30. The highest BCUT2D eigenvalue weighted by Gasteiger charge is 2.33. The van der Waals surface area contributed by atoms with Crippen molar-refractivity contribution in [2.75, 3.05) is 6.54 Å². The van der Waals surface area contributed by atoms with Gasteiger partial charge in [-0.2, -0.15) is 0 Å². The Morgan fingerprint density at radius 2 is 1.60 bits per heavy atom. The van der Waals surface area contributed by atoms with E-state index < -0.39 is 15.9 Å². The number of hydrogen-bond acceptors (Lipinski definition) is 5. The van der Waals surface area contributed by atoms with E-state index in [1.807, 2.05) is 6.92 Å². The summed E-state index contributed by atoms with van der Waals surface area (Å²) in [5.74, 6) is 0. The van der Waals surface area contributed by atoms with Crippen molar-refractivity contribution in [1.29, 1.82) is 0 Å². The van der Waals surface area contributed by atoms with E-state index in [9.17, 15) is 13.2 Å². The van der Waals surface area contributed by atoms with E-state index >= 15 is 0 Å². The number of unbranched alkanes of at least 4 members (excludes halogenated alkanes) is 1. The van der Waals surface area contributed by atoms with Crippen molar-refractivity contribution in [2.24, 2.45) is 5.16 Å². The maximum atomic E-state index is 12.8. The Labute approximate surface area is 146 Å². The van der Waals surface area contributed by atoms with Crippen molar-refractivity contribution < 1.29 is 18.0 Å². The number of nitrogens with zero attached hydrogens (tertiary/aromatic N) is 1. The van der Waals surface area contributed by atoms with E-state index in [1.54, 1.807) is 36.4 Å². The van der Waals surface area contributed by atoms with E-state index in [-0.39, 0.29) is 9.79 Å². The van der Waals surface area contributed by atoms with Crippen molar-refractivity contribution in [1.82, 2.24) is 5.32 Å². The number of amides is 1. The minimum Gasteiger partial charge on any atom is -0.320 e. The number of fused-ring (bicyclic) bond motifs is 2. The van der Waals surface area contributed by atoms with Crippen LogP contribution in [-0.4, -0.2) is 26.8 Å². The highest BCUT2D eigenvalue weighted by molar-refractivity contribution is 7.91. The van der Waals surface area contributed by atoms with Crippen molar-refractivity contribution in [2.45, 2.75) is 29.6 Å². The Kier molecular flexibility index (Phi) is 4.85. The second kappa shape index (κ2) is 7.06. The van der Waals surface area contributed by atoms with Crippen molar-refractivity contribution in [3.05, 3.63) is 59.7 Å². The van der Waals surface area contributed by atoms with Crippen molar-refractivity contribution in [3.63, 3.8) is 0 Å². The lowest BCUT2D eigenvalue weighted by Crippen LogP contribution is -2.25. The summed E-state index contributed by atoms with van der Waals surface area (Å²) in [7, 11) is -3.63. The van der Waals surface area contributed by atoms with Crippen LogP contribution in [0, 0.1) is 0 Å². The zero-order valence-electron chi connectivity index (χ0n) is 13.7. The minimum atomic E-state index is -3.63. The number of benzene rings is 2. The maximum Gasteiger partial charge on any atom is 0.433 e. The first-order valence-electron chi connectivity index (χ1n) is 8.02. The molecule has 0 atom stereocenters. The van der Waals surface area contributed by atoms with Crippen LogP contribution in [0.2, 0.25) is 0 Å². The average molecular weight is 358 g/mol. The van der Waals surface area contributed by atoms with Gasteiger partial charge in [0.15, 0.2) is 0 Å². The molecule has 1 aliphatic heterocycles. The zero-order chi connectivity index (χ0) is 17.9. The van der Waals surface area contributed by atoms with Gasteiger partial charge < -0.3 is 5.32 Å². The molecule has 0 aromatic heterocycles. The second-order valence-corrected chi connectivity index (χ2v) is 7.48. The van der Waals surface area contributed by atoms with Gasteiger partial charge in [-0.1, -0.05) is 54.9 Å². The summed E-state index contributed by atoms with van der Waals surface area (Å²) in [6.45, 7) is 2.52. The number of rotatable bonds is 4. The van der Waals surface area contributed by atoms with Gasteiger partial charge in [0.05, 0.1) is 9.79 Å². The molecule has 7 heteroatoms. The molecule has 0 aliphatic carbocycles. The molecule has 1 N–H and O–H groups in total. The van der Waals surface area contributed by atoms with Crippen molar-refractivity contribution >= 4 is 21.6 Å². The summed E-state index contributed by atoms with van der Waals surface area (Å²) in [4.78, 5) is 17.0. The molecular formula is C18H18N2O4S. The van der Waals surface area contributed by atoms with Crippen LogP contribution in [-0.2, 0) is 14.7 Å². The predicted molar refractivity (Wildman–Crippen MR) is 93.4 cm³/mol. The van der Waals surface area contributed by atoms with Crippen LogP contribution in [0.4, 0.5) is 4.79 Å². The molecule has 6 nitrogen and oxygen atoms in total. The van der Waals surface area contributed by atoms with E-state index in [1.165, 1.54) is 12.1 Å². The summed E-state index contributed by atoms with van der Waals surface area (Å²) < 4.78 is 25.6. The largest absolute Gasteiger partial charge is 0.433 e. The lowest BCUT2D eigenvalue weighted by molar-refractivity contribution is 0.150. The fourth-order valence-electron chi connectivity index (χ4n) is 2.64. The van der Waals surface area contributed by atoms with E-state index in [4.69, 9.17) is 4.84 Å². The molecule has 0 bridgehead atoms. The van der Waals surface area contributed by atoms with Crippen LogP contribution in [0.5, 0.6) is 0 Å². The van der Waals surface area contributed by atoms with Gasteiger partial charge in [0.2, 0.25) is 9.84 Å². The molecule has 3 rings (SSSR count). The van der Waals surface area contributed by atoms with Gasteiger partial charge in [-0.05, 0) is 18.6 Å². The highest BCUT2D eigenvalue weighted by atomic mass is 32.2. The maximum absolute atomic E-state index is 12.8. The van der Waals surface area contributed by atoms with Crippen LogP contribution in [0.15, 0.2) is 63.5 Å². The Morgan fingerprint density at radius 3 is 2.16 bits per heavy atom. The first kappa shape index (κ1) is 17.2. The minimum absolute atomic E-state index is 0.155. The standard InChI is InChI=1S/C18H18N2O4S/c1-2-3-12-19-18(21)24-20-17-13-8-4-6-10-15(13)25(22,23)16-11-7-5-9-14(16)17/h4-11H,2-3,12H2,1H3,(H,19,21). The normalized spacial score (nSPS) is 14.2. The molecule has 130 valence electrons. The molecule has 0 saturated carbocycles. The van der Waals surface area contributed by atoms with E-state index in [0.29, 0.717) is 23.4 Å². The number of carbonyl (C=O) groups excluding carboxylic acids is 1. The Bertz CT molecular complexity index is 880. The summed E-state index contributed by atoms with van der Waals surface area (Å²) in [5, 5.41) is 6.55. The molecule has 0 radical (unpaired) electrons. The SMILES string of the molecule is CCCCNC(=O)ON=C1c2ccccc2S(=O)(=O)c2ccccc21. The molecule has 0 spiro atoms. The fraction of sp³-hybridized carbons (Fsp3) is 0.222. The molecule has 1 aliphatic rings. The van der Waals surface area contributed by atoms with Gasteiger partial charge in [-0.3, -0.25) is 4.84 Å². The van der Waals surface area contributed by atoms with Gasteiger partial charge >= 0.3 is 6.09 Å². The average Bonchev–Trinajstić information content (AvgIpc) is 2.62. The third kappa shape index (κ3) is 3.28. The van der Waals surface area contributed by atoms with Gasteiger partial charge in [0.25, 0.3) is 0 Å². The lowest BCUT2D eigenvalue weighted by Gasteiger charge is -2.20. The molecule has 1 heterocycles. The molecule has 2 aromatic carbocycles. The highest BCUT2D eigenvalue weighted by Crippen LogP contribution is 2.34. The summed E-state index contributed by atoms with van der Waals surface area (Å²) in [6, 6.07) is 13.1. The number of carbonyl (C=O) groups is 1. The van der Waals surface area contributed by atoms with E-state index in [0.717, 1.165) is 12.8 Å². The van der Waals surface area contributed by atoms with Gasteiger partial charge in [-0.25, -0.2) is 13.2 Å². The first-order chi connectivity index (χ1) is 12.1. The number of sulfone groups is 1. The smallest absolute Gasteiger partial charge is 0.320 e. The van der Waals surface area contributed by atoms with Crippen molar-refractivity contribution in [3.8, 4) is 0 Å². The molecule has 0 saturated heterocycles. The Morgan fingerprint density at radius 1 is 1.04 bits per heavy atom. The molecule has 25 heavy (non-hydrogen) atoms. The van der Waals surface area contributed by atoms with Crippen LogP contribution >= 0.6 is 0 Å². The van der Waals surface area contributed by atoms with Crippen LogP contribution in [0.1, 0.15) is 30.9 Å². The third-order valence-corrected chi connectivity index (χ3v) is 5.75. The topological polar surface area (TPSA) is 84.8 Å². The van der Waals surface area contributed by atoms with Gasteiger partial charge in [0.1, 0.15) is 5.71 Å². The number of oxime groups is 1.